The molecule has 0 saturated carbocycles. The lowest BCUT2D eigenvalue weighted by Crippen LogP contribution is -1.86. The minimum Gasteiger partial charge on any atom is -0.306 e. The first kappa shape index (κ1) is 10.2. The summed E-state index contributed by atoms with van der Waals surface area (Å²) in [6.45, 7) is 2.02. The van der Waals surface area contributed by atoms with E-state index in [-0.39, 0.29) is 0 Å². The molecule has 4 nitrogen and oxygen atoms in total. The van der Waals surface area contributed by atoms with Crippen molar-refractivity contribution in [3.8, 4) is 10.7 Å². The van der Waals surface area contributed by atoms with Gasteiger partial charge in [0, 0.05) is 29.0 Å². The summed E-state index contributed by atoms with van der Waals surface area (Å²) >= 11 is 1.61. The maximum Gasteiger partial charge on any atom is 0.151 e. The smallest absolute Gasteiger partial charge is 0.151 e. The Hall–Kier alpha value is -2.01. The molecular formula is C12H9N3OS. The Morgan fingerprint density at radius 2 is 2.24 bits per heavy atom. The van der Waals surface area contributed by atoms with Crippen LogP contribution in [0.25, 0.3) is 16.3 Å². The van der Waals surface area contributed by atoms with Crippen molar-refractivity contribution in [2.75, 3.05) is 0 Å². The molecule has 0 fully saturated rings. The topological polar surface area (TPSA) is 47.3 Å². The van der Waals surface area contributed by atoms with Gasteiger partial charge in [-0.15, -0.1) is 11.3 Å². The van der Waals surface area contributed by atoms with E-state index in [9.17, 15) is 4.79 Å². The van der Waals surface area contributed by atoms with Crippen LogP contribution < -0.4 is 0 Å². The Morgan fingerprint density at radius 3 is 2.94 bits per heavy atom. The van der Waals surface area contributed by atoms with Gasteiger partial charge in [0.2, 0.25) is 0 Å². The van der Waals surface area contributed by atoms with E-state index in [1.165, 1.54) is 0 Å². The predicted molar refractivity (Wildman–Crippen MR) is 66.4 cm³/mol. The Morgan fingerprint density at radius 1 is 1.35 bits per heavy atom. The third-order valence-electron chi connectivity index (χ3n) is 2.45. The molecule has 0 aliphatic carbocycles. The first-order chi connectivity index (χ1) is 8.26. The highest BCUT2D eigenvalue weighted by molar-refractivity contribution is 7.14. The number of thiazole rings is 1. The molecule has 0 spiro atoms. The van der Waals surface area contributed by atoms with Gasteiger partial charge >= 0.3 is 0 Å². The van der Waals surface area contributed by atoms with Crippen LogP contribution in [-0.2, 0) is 0 Å². The van der Waals surface area contributed by atoms with E-state index in [0.717, 1.165) is 27.5 Å². The zero-order valence-corrected chi connectivity index (χ0v) is 9.94. The SMILES string of the molecule is Cc1cnc(-c2cn3cc(C=O)ccc3n2)s1. The van der Waals surface area contributed by atoms with E-state index in [0.29, 0.717) is 5.56 Å². The number of nitrogens with zero attached hydrogens (tertiary/aromatic N) is 3. The van der Waals surface area contributed by atoms with E-state index in [1.54, 1.807) is 23.6 Å². The third kappa shape index (κ3) is 1.74. The molecular weight excluding hydrogens is 234 g/mol. The molecule has 0 aliphatic rings. The molecule has 0 aliphatic heterocycles. The summed E-state index contributed by atoms with van der Waals surface area (Å²) in [5.41, 5.74) is 2.29. The molecule has 17 heavy (non-hydrogen) atoms. The van der Waals surface area contributed by atoms with Crippen LogP contribution in [-0.4, -0.2) is 20.7 Å². The molecule has 0 amide bonds. The molecule has 3 rings (SSSR count). The number of aldehydes is 1. The summed E-state index contributed by atoms with van der Waals surface area (Å²) in [4.78, 5) is 20.6. The lowest BCUT2D eigenvalue weighted by Gasteiger charge is -1.92. The van der Waals surface area contributed by atoms with Gasteiger partial charge in [0.05, 0.1) is 0 Å². The number of carbonyl (C=O) groups excluding carboxylic acids is 1. The second kappa shape index (κ2) is 3.78. The van der Waals surface area contributed by atoms with Crippen LogP contribution in [0.15, 0.2) is 30.7 Å². The van der Waals surface area contributed by atoms with E-state index in [4.69, 9.17) is 0 Å². The molecule has 0 saturated heterocycles. The van der Waals surface area contributed by atoms with E-state index < -0.39 is 0 Å². The van der Waals surface area contributed by atoms with Crippen molar-refractivity contribution >= 4 is 23.3 Å². The molecule has 0 bridgehead atoms. The molecule has 0 aromatic carbocycles. The zero-order valence-electron chi connectivity index (χ0n) is 9.12. The highest BCUT2D eigenvalue weighted by Crippen LogP contribution is 2.24. The van der Waals surface area contributed by atoms with Crippen molar-refractivity contribution in [3.05, 3.63) is 41.2 Å². The van der Waals surface area contributed by atoms with Crippen molar-refractivity contribution in [2.24, 2.45) is 0 Å². The van der Waals surface area contributed by atoms with Crippen molar-refractivity contribution in [3.63, 3.8) is 0 Å². The molecule has 0 unspecified atom stereocenters. The van der Waals surface area contributed by atoms with Gasteiger partial charge < -0.3 is 4.40 Å². The average Bonchev–Trinajstić information content (AvgIpc) is 2.93. The highest BCUT2D eigenvalue weighted by atomic mass is 32.1. The number of pyridine rings is 1. The largest absolute Gasteiger partial charge is 0.306 e. The summed E-state index contributed by atoms with van der Waals surface area (Å²) in [6.07, 6.45) is 6.31. The standard InChI is InChI=1S/C12H9N3OS/c1-8-4-13-12(17-8)10-6-15-5-9(7-16)2-3-11(15)14-10/h2-7H,1H3. The average molecular weight is 243 g/mol. The Kier molecular flexibility index (Phi) is 2.26. The molecule has 0 atom stereocenters. The number of fused-ring (bicyclic) bond motifs is 1. The van der Waals surface area contributed by atoms with E-state index in [1.807, 2.05) is 29.8 Å². The molecule has 0 N–H and O–H groups in total. The number of hydrogen-bond acceptors (Lipinski definition) is 4. The van der Waals surface area contributed by atoms with Gasteiger partial charge in [-0.2, -0.15) is 0 Å². The van der Waals surface area contributed by atoms with Crippen LogP contribution in [0.1, 0.15) is 15.2 Å². The lowest BCUT2D eigenvalue weighted by molar-refractivity contribution is 0.112. The minimum absolute atomic E-state index is 0.636. The summed E-state index contributed by atoms with van der Waals surface area (Å²) in [5, 5.41) is 0.902. The normalized spacial score (nSPS) is 10.9. The predicted octanol–water partition coefficient (Wildman–Crippen LogP) is 2.58. The zero-order chi connectivity index (χ0) is 11.8. The molecule has 3 aromatic heterocycles. The van der Waals surface area contributed by atoms with Gasteiger partial charge in [0.1, 0.15) is 16.3 Å². The third-order valence-corrected chi connectivity index (χ3v) is 3.39. The maximum absolute atomic E-state index is 10.7. The van der Waals surface area contributed by atoms with Crippen LogP contribution in [0.4, 0.5) is 0 Å². The number of aromatic nitrogens is 3. The summed E-state index contributed by atoms with van der Waals surface area (Å²) in [5.74, 6) is 0. The summed E-state index contributed by atoms with van der Waals surface area (Å²) in [7, 11) is 0. The van der Waals surface area contributed by atoms with Crippen molar-refractivity contribution in [2.45, 2.75) is 6.92 Å². The van der Waals surface area contributed by atoms with Crippen LogP contribution in [0.3, 0.4) is 0 Å². The Labute approximate surface area is 102 Å². The second-order valence-corrected chi connectivity index (χ2v) is 4.98. The van der Waals surface area contributed by atoms with Crippen molar-refractivity contribution < 1.29 is 4.79 Å². The molecule has 5 heteroatoms. The highest BCUT2D eigenvalue weighted by Gasteiger charge is 2.07. The van der Waals surface area contributed by atoms with Gasteiger partial charge in [-0.05, 0) is 19.1 Å². The first-order valence-electron chi connectivity index (χ1n) is 5.13. The van der Waals surface area contributed by atoms with Crippen LogP contribution in [0.5, 0.6) is 0 Å². The Bertz CT molecular complexity index is 699. The second-order valence-electron chi connectivity index (χ2n) is 3.75. The van der Waals surface area contributed by atoms with E-state index in [2.05, 4.69) is 9.97 Å². The number of aryl methyl sites for hydroxylation is 1. The fourth-order valence-corrected chi connectivity index (χ4v) is 2.37. The number of imidazole rings is 1. The summed E-state index contributed by atoms with van der Waals surface area (Å²) in [6, 6.07) is 3.58. The molecule has 84 valence electrons. The van der Waals surface area contributed by atoms with Gasteiger partial charge in [-0.3, -0.25) is 4.79 Å². The van der Waals surface area contributed by atoms with Gasteiger partial charge in [0.15, 0.2) is 6.29 Å². The quantitative estimate of drug-likeness (QED) is 0.650. The van der Waals surface area contributed by atoms with Crippen LogP contribution in [0.2, 0.25) is 0 Å². The van der Waals surface area contributed by atoms with Gasteiger partial charge in [0.25, 0.3) is 0 Å². The molecule has 3 aromatic rings. The first-order valence-corrected chi connectivity index (χ1v) is 5.94. The lowest BCUT2D eigenvalue weighted by atomic mass is 10.3. The van der Waals surface area contributed by atoms with Crippen molar-refractivity contribution in [1.82, 2.24) is 14.4 Å². The van der Waals surface area contributed by atoms with Gasteiger partial charge in [-0.25, -0.2) is 9.97 Å². The van der Waals surface area contributed by atoms with E-state index >= 15 is 0 Å². The maximum atomic E-state index is 10.7. The fourth-order valence-electron chi connectivity index (χ4n) is 1.65. The number of hydrogen-bond donors (Lipinski definition) is 0. The van der Waals surface area contributed by atoms with Gasteiger partial charge in [-0.1, -0.05) is 0 Å². The number of carbonyl (C=O) groups is 1. The summed E-state index contributed by atoms with van der Waals surface area (Å²) < 4.78 is 1.84. The monoisotopic (exact) mass is 243 g/mol. The fraction of sp³-hybridized carbons (Fsp3) is 0.0833. The van der Waals surface area contributed by atoms with Crippen LogP contribution >= 0.6 is 11.3 Å². The van der Waals surface area contributed by atoms with Crippen LogP contribution in [0, 0.1) is 6.92 Å². The number of rotatable bonds is 2. The van der Waals surface area contributed by atoms with Crippen molar-refractivity contribution in [1.29, 1.82) is 0 Å². The molecule has 3 heterocycles. The minimum atomic E-state index is 0.636. The Balaban J connectivity index is 2.16. The molecule has 0 radical (unpaired) electrons.